The van der Waals surface area contributed by atoms with Gasteiger partial charge in [0.25, 0.3) is 0 Å². The number of carbonyl (C=O) groups excluding carboxylic acids is 15. The summed E-state index contributed by atoms with van der Waals surface area (Å²) in [5, 5.41) is 34.0. The van der Waals surface area contributed by atoms with Crippen LogP contribution in [-0.4, -0.2) is 199 Å². The predicted molar refractivity (Wildman–Crippen MR) is 488 cm³/mol. The van der Waals surface area contributed by atoms with E-state index >= 15 is 0 Å². The molecule has 28 heteroatoms. The number of hydrogen-bond acceptors (Lipinski definition) is 17. The smallest absolute Gasteiger partial charge is 0.326 e. The molecular formula is C94H177N9O19. The van der Waals surface area contributed by atoms with Crippen molar-refractivity contribution in [2.75, 3.05) is 19.6 Å². The lowest BCUT2D eigenvalue weighted by Gasteiger charge is -2.22. The van der Waals surface area contributed by atoms with Gasteiger partial charge in [-0.05, 0) is 198 Å². The number of hydrogen-bond donors (Lipinski definition) is 8. The van der Waals surface area contributed by atoms with E-state index in [1.807, 2.05) is 157 Å². The topological polar surface area (TPSA) is 413 Å². The van der Waals surface area contributed by atoms with Gasteiger partial charge in [0.15, 0.2) is 34.7 Å². The van der Waals surface area contributed by atoms with E-state index in [4.69, 9.17) is 10.2 Å². The lowest BCUT2D eigenvalue weighted by atomic mass is 10.0. The monoisotopic (exact) mass is 1740 g/mol. The fourth-order valence-corrected chi connectivity index (χ4v) is 11.9. The molecule has 0 spiro atoms. The molecule has 3 heterocycles. The van der Waals surface area contributed by atoms with Crippen LogP contribution in [0.25, 0.3) is 0 Å². The molecule has 3 fully saturated rings. The van der Waals surface area contributed by atoms with Crippen molar-refractivity contribution in [3.63, 3.8) is 0 Å². The van der Waals surface area contributed by atoms with Crippen LogP contribution >= 0.6 is 0 Å². The first kappa shape index (κ1) is 127. The van der Waals surface area contributed by atoms with Crippen LogP contribution in [0.1, 0.15) is 358 Å². The largest absolute Gasteiger partial charge is 0.480 e. The van der Waals surface area contributed by atoms with Crippen molar-refractivity contribution in [1.82, 2.24) is 46.6 Å². The Bertz CT molecular complexity index is 2840. The van der Waals surface area contributed by atoms with E-state index < -0.39 is 24.0 Å². The summed E-state index contributed by atoms with van der Waals surface area (Å²) >= 11 is 0. The average Bonchev–Trinajstić information content (AvgIpc) is 1.75. The third kappa shape index (κ3) is 72.6. The van der Waals surface area contributed by atoms with Crippen LogP contribution in [0.15, 0.2) is 0 Å². The van der Waals surface area contributed by atoms with Gasteiger partial charge >= 0.3 is 11.9 Å². The Labute approximate surface area is 738 Å². The van der Waals surface area contributed by atoms with E-state index in [9.17, 15) is 81.5 Å². The van der Waals surface area contributed by atoms with Crippen molar-refractivity contribution in [3.05, 3.63) is 0 Å². The molecule has 0 aliphatic carbocycles. The van der Waals surface area contributed by atoms with Crippen molar-refractivity contribution in [2.24, 2.45) is 71.0 Å². The molecule has 3 aliphatic heterocycles. The number of nitrogens with zero attached hydrogens (tertiary/aromatic N) is 3. The van der Waals surface area contributed by atoms with Gasteiger partial charge in [-0.1, -0.05) is 174 Å². The molecule has 3 rings (SSSR count). The number of nitrogens with one attached hydrogen (secondary N) is 6. The number of Topliss-reactive ketones (excluding diaryl/α,β-unsaturated/α-hetero) is 6. The number of ketones is 6. The average molecular weight is 1740 g/mol. The summed E-state index contributed by atoms with van der Waals surface area (Å²) < 4.78 is 0. The quantitative estimate of drug-likeness (QED) is 0.0285. The van der Waals surface area contributed by atoms with Gasteiger partial charge in [0.05, 0.1) is 36.3 Å². The molecule has 3 aliphatic rings. The summed E-state index contributed by atoms with van der Waals surface area (Å²) in [7, 11) is 0. The normalized spacial score (nSPS) is 15.9. The van der Waals surface area contributed by atoms with Crippen LogP contribution < -0.4 is 31.9 Å². The summed E-state index contributed by atoms with van der Waals surface area (Å²) in [5.41, 5.74) is 0. The van der Waals surface area contributed by atoms with Crippen molar-refractivity contribution in [1.29, 1.82) is 0 Å². The Balaban J connectivity index is -0.000000244. The molecule has 0 aromatic rings. The Morgan fingerprint density at radius 2 is 0.443 bits per heavy atom. The minimum Gasteiger partial charge on any atom is -0.480 e. The molecule has 0 radical (unpaired) electrons. The van der Waals surface area contributed by atoms with Crippen LogP contribution in [0.4, 0.5) is 0 Å². The molecule has 9 atom stereocenters. The first-order valence-electron chi connectivity index (χ1n) is 44.5. The lowest BCUT2D eigenvalue weighted by molar-refractivity contribution is -0.148. The molecule has 28 nitrogen and oxygen atoms in total. The Hall–Kier alpha value is -7.81. The molecule has 3 unspecified atom stereocenters. The van der Waals surface area contributed by atoms with E-state index in [1.54, 1.807) is 20.8 Å². The molecule has 8 N–H and O–H groups in total. The zero-order valence-electron chi connectivity index (χ0n) is 81.6. The Kier molecular flexibility index (Phi) is 73.5. The van der Waals surface area contributed by atoms with Gasteiger partial charge in [0.1, 0.15) is 12.1 Å². The van der Waals surface area contributed by atoms with E-state index in [0.29, 0.717) is 155 Å². The van der Waals surface area contributed by atoms with E-state index in [1.165, 1.54) is 64.2 Å². The van der Waals surface area contributed by atoms with Crippen molar-refractivity contribution in [2.45, 2.75) is 413 Å². The highest BCUT2D eigenvalue weighted by Gasteiger charge is 2.35. The molecule has 0 saturated carbocycles. The van der Waals surface area contributed by atoms with Gasteiger partial charge in [-0.15, -0.1) is 0 Å². The van der Waals surface area contributed by atoms with E-state index in [2.05, 4.69) is 52.7 Å². The third-order valence-electron chi connectivity index (χ3n) is 18.5. The fourth-order valence-electron chi connectivity index (χ4n) is 11.9. The highest BCUT2D eigenvalue weighted by molar-refractivity contribution is 5.91. The van der Waals surface area contributed by atoms with Crippen molar-refractivity contribution < 1.29 is 91.7 Å². The SMILES string of the molecule is C.CC(=O)C(C)NC(=O)CC(C)C.CC(=O)C(CC(C)C)NC(=O)CC(C)C.CC(=O)[C@@H](C)NC(=O)CC(C)C.CC(=O)[C@@H](CC(C)C)NC(=O)CC(C)C.CC(=O)[C@H](C)NC(=O)CC(C)C.CC(=O)[C@H](CC(C)C)NC(=O)CC(C)C.CC(C)CC(=O)N1CCCC1C.CC(C)CC(=O)N1CCC[C@@H]1C(=O)O.CC(C)CC(=O)N1CCC[C@H]1C(=O)O. The number of aliphatic carboxylic acids is 2. The van der Waals surface area contributed by atoms with Crippen LogP contribution in [0.2, 0.25) is 0 Å². The second-order valence-electron chi connectivity index (χ2n) is 37.9. The van der Waals surface area contributed by atoms with Crippen LogP contribution in [0.5, 0.6) is 0 Å². The molecular weight excluding hydrogens is 1560 g/mol. The number of carbonyl (C=O) groups is 17. The van der Waals surface area contributed by atoms with Gasteiger partial charge < -0.3 is 56.8 Å². The van der Waals surface area contributed by atoms with Crippen LogP contribution in [0, 0.1) is 71.0 Å². The number of rotatable bonds is 38. The molecule has 3 saturated heterocycles. The van der Waals surface area contributed by atoms with Crippen molar-refractivity contribution in [3.8, 4) is 0 Å². The number of carboxylic acids is 2. The summed E-state index contributed by atoms with van der Waals surface area (Å²) in [4.78, 5) is 195. The number of carboxylic acid groups (broad SMARTS) is 2. The van der Waals surface area contributed by atoms with E-state index in [-0.39, 0.29) is 137 Å². The Morgan fingerprint density at radius 1 is 0.262 bits per heavy atom. The second kappa shape index (κ2) is 70.5. The molecule has 122 heavy (non-hydrogen) atoms. The highest BCUT2D eigenvalue weighted by Crippen LogP contribution is 2.23. The molecule has 712 valence electrons. The summed E-state index contributed by atoms with van der Waals surface area (Å²) in [6.45, 7) is 66.5. The number of likely N-dealkylation sites (tertiary alicyclic amines) is 3. The standard InChI is InChI=1S/3C12H23NO2.2C10H17NO3.C10H19NO.3C9H17NO2.CH4/c3*1-8(2)6-11(10(5)14)13-12(15)7-9(3)4;2*1-7(2)6-9(12)11-5-3-4-8(11)10(13)14;1-8(2)7-10(12)11-6-4-5-9(11)3;3*1-6(2)5-9(12)10-7(3)8(4)11;/h3*8-9,11H,6-7H2,1-5H3,(H,13,15);2*7-8H,3-6H2,1-2H3,(H,13,14);8-9H,4-7H2,1-3H3;3*6-7H,5H2,1-4H3,(H,10,12);1H4/t2*11-;;2*8-;;2*7-;;/m10.10.10../s1. The first-order valence-corrected chi connectivity index (χ1v) is 44.5. The van der Waals surface area contributed by atoms with Crippen LogP contribution in [-0.2, 0) is 81.5 Å². The zero-order chi connectivity index (χ0) is 95.8. The third-order valence-corrected chi connectivity index (χ3v) is 18.5. The predicted octanol–water partition coefficient (Wildman–Crippen LogP) is 14.7. The van der Waals surface area contributed by atoms with Crippen LogP contribution in [0.3, 0.4) is 0 Å². The summed E-state index contributed by atoms with van der Waals surface area (Å²) in [6, 6.07) is -2.66. The van der Waals surface area contributed by atoms with Crippen molar-refractivity contribution >= 4 is 99.8 Å². The molecule has 0 aromatic heterocycles. The molecule has 9 amide bonds. The second-order valence-corrected chi connectivity index (χ2v) is 37.9. The Morgan fingerprint density at radius 3 is 0.598 bits per heavy atom. The highest BCUT2D eigenvalue weighted by atomic mass is 16.4. The minimum atomic E-state index is -0.875. The maximum Gasteiger partial charge on any atom is 0.326 e. The lowest BCUT2D eigenvalue weighted by Crippen LogP contribution is -2.41. The van der Waals surface area contributed by atoms with Gasteiger partial charge in [-0.25, -0.2) is 9.59 Å². The fraction of sp³-hybridized carbons (Fsp3) is 0.819. The van der Waals surface area contributed by atoms with E-state index in [0.717, 1.165) is 38.6 Å². The summed E-state index contributed by atoms with van der Waals surface area (Å²) in [5.74, 6) is 2.76. The van der Waals surface area contributed by atoms with Gasteiger partial charge in [-0.2, -0.15) is 0 Å². The van der Waals surface area contributed by atoms with Gasteiger partial charge in [0.2, 0.25) is 53.2 Å². The molecule has 0 bridgehead atoms. The zero-order valence-corrected chi connectivity index (χ0v) is 81.6. The first-order chi connectivity index (χ1) is 55.4. The maximum absolute atomic E-state index is 11.6. The maximum atomic E-state index is 11.6. The molecule has 0 aromatic carbocycles. The van der Waals surface area contributed by atoms with Gasteiger partial charge in [0, 0.05) is 83.5 Å². The number of amides is 9. The van der Waals surface area contributed by atoms with Gasteiger partial charge in [-0.3, -0.25) is 71.9 Å². The minimum absolute atomic E-state index is 0. The summed E-state index contributed by atoms with van der Waals surface area (Å²) in [6.07, 6.45) is 11.9.